The van der Waals surface area contributed by atoms with Crippen LogP contribution in [0.5, 0.6) is 0 Å². The van der Waals surface area contributed by atoms with Crippen molar-refractivity contribution in [3.8, 4) is 0 Å². The summed E-state index contributed by atoms with van der Waals surface area (Å²) in [6, 6.07) is 1.56. The van der Waals surface area contributed by atoms with Gasteiger partial charge in [0.1, 0.15) is 17.2 Å². The lowest BCUT2D eigenvalue weighted by molar-refractivity contribution is 0.604. The van der Waals surface area contributed by atoms with E-state index in [0.717, 1.165) is 23.4 Å². The zero-order valence-corrected chi connectivity index (χ0v) is 14.1. The van der Waals surface area contributed by atoms with Crippen molar-refractivity contribution >= 4 is 28.6 Å². The summed E-state index contributed by atoms with van der Waals surface area (Å²) < 4.78 is 14.8. The largest absolute Gasteiger partial charge is 0.357 e. The molecule has 0 amide bonds. The molecule has 0 bridgehead atoms. The van der Waals surface area contributed by atoms with Crippen molar-refractivity contribution in [2.75, 3.05) is 10.6 Å². The van der Waals surface area contributed by atoms with Gasteiger partial charge in [-0.25, -0.2) is 24.3 Å². The Kier molecular flexibility index (Phi) is 3.92. The number of anilines is 3. The van der Waals surface area contributed by atoms with Crippen molar-refractivity contribution in [1.29, 1.82) is 0 Å². The van der Waals surface area contributed by atoms with E-state index in [0.29, 0.717) is 23.4 Å². The lowest BCUT2D eigenvalue weighted by Gasteiger charge is -2.13. The number of halogens is 1. The molecule has 9 nitrogen and oxygen atoms in total. The minimum Gasteiger partial charge on any atom is -0.357 e. The van der Waals surface area contributed by atoms with Crippen molar-refractivity contribution in [1.82, 2.24) is 34.5 Å². The van der Waals surface area contributed by atoms with Gasteiger partial charge in [-0.3, -0.25) is 0 Å². The molecular weight excluding hydrogens is 337 g/mol. The molecule has 0 fully saturated rings. The average Bonchev–Trinajstić information content (AvgIpc) is 3.24. The molecule has 4 rings (SSSR count). The maximum Gasteiger partial charge on any atom is 0.225 e. The Morgan fingerprint density at radius 2 is 2.00 bits per heavy atom. The standard InChI is InChI=1S/C16H16FN9/c1-9(14-19-5-10(17)6-20-14)22-16-23-11-3-4-18-13(11)15(25-16)24-12-7-26(2)8-21-12/h3-9,18H,1-2H3,(H2,22,23,24,25)/t9-/m1/s1. The van der Waals surface area contributed by atoms with Crippen LogP contribution in [0.4, 0.5) is 22.0 Å². The summed E-state index contributed by atoms with van der Waals surface area (Å²) in [4.78, 5) is 24.3. The summed E-state index contributed by atoms with van der Waals surface area (Å²) in [5.41, 5.74) is 1.51. The van der Waals surface area contributed by atoms with Crippen LogP contribution in [-0.2, 0) is 7.05 Å². The fourth-order valence-electron chi connectivity index (χ4n) is 2.50. The lowest BCUT2D eigenvalue weighted by atomic mass is 10.3. The molecule has 0 saturated heterocycles. The van der Waals surface area contributed by atoms with Crippen LogP contribution in [0.25, 0.3) is 11.0 Å². The first-order valence-corrected chi connectivity index (χ1v) is 7.92. The molecule has 26 heavy (non-hydrogen) atoms. The van der Waals surface area contributed by atoms with Crippen LogP contribution >= 0.6 is 0 Å². The summed E-state index contributed by atoms with van der Waals surface area (Å²) in [5.74, 6) is 1.63. The molecule has 132 valence electrons. The third-order valence-electron chi connectivity index (χ3n) is 3.73. The Morgan fingerprint density at radius 1 is 1.19 bits per heavy atom. The van der Waals surface area contributed by atoms with Gasteiger partial charge < -0.3 is 20.2 Å². The predicted molar refractivity (Wildman–Crippen MR) is 94.4 cm³/mol. The Labute approximate surface area is 147 Å². The molecule has 0 unspecified atom stereocenters. The Morgan fingerprint density at radius 3 is 2.73 bits per heavy atom. The topological polar surface area (TPSA) is 109 Å². The van der Waals surface area contributed by atoms with Crippen LogP contribution in [0, 0.1) is 5.82 Å². The van der Waals surface area contributed by atoms with E-state index < -0.39 is 5.82 Å². The third kappa shape index (κ3) is 3.16. The number of fused-ring (bicyclic) bond motifs is 1. The van der Waals surface area contributed by atoms with Gasteiger partial charge in [0.05, 0.1) is 30.3 Å². The number of nitrogens with one attached hydrogen (secondary N) is 3. The maximum atomic E-state index is 13.0. The van der Waals surface area contributed by atoms with Gasteiger partial charge in [0.15, 0.2) is 11.6 Å². The fraction of sp³-hybridized carbons (Fsp3) is 0.188. The number of aromatic amines is 1. The smallest absolute Gasteiger partial charge is 0.225 e. The van der Waals surface area contributed by atoms with Gasteiger partial charge in [0.25, 0.3) is 0 Å². The first-order valence-electron chi connectivity index (χ1n) is 7.92. The molecule has 1 atom stereocenters. The van der Waals surface area contributed by atoms with Crippen molar-refractivity contribution in [3.63, 3.8) is 0 Å². The third-order valence-corrected chi connectivity index (χ3v) is 3.73. The molecule has 0 aliphatic rings. The van der Waals surface area contributed by atoms with Gasteiger partial charge in [0.2, 0.25) is 5.95 Å². The van der Waals surface area contributed by atoms with Gasteiger partial charge in [-0.2, -0.15) is 4.98 Å². The Balaban J connectivity index is 1.63. The van der Waals surface area contributed by atoms with Crippen LogP contribution in [0.2, 0.25) is 0 Å². The monoisotopic (exact) mass is 353 g/mol. The maximum absolute atomic E-state index is 13.0. The molecule has 0 radical (unpaired) electrons. The second kappa shape index (κ2) is 6.39. The Bertz CT molecular complexity index is 1040. The van der Waals surface area contributed by atoms with Crippen LogP contribution < -0.4 is 10.6 Å². The van der Waals surface area contributed by atoms with E-state index >= 15 is 0 Å². The van der Waals surface area contributed by atoms with Gasteiger partial charge >= 0.3 is 0 Å². The number of nitrogens with zero attached hydrogens (tertiary/aromatic N) is 6. The van der Waals surface area contributed by atoms with E-state index in [2.05, 4.69) is 40.5 Å². The lowest BCUT2D eigenvalue weighted by Crippen LogP contribution is -2.13. The summed E-state index contributed by atoms with van der Waals surface area (Å²) in [6.45, 7) is 1.85. The van der Waals surface area contributed by atoms with Crippen LogP contribution in [0.15, 0.2) is 37.2 Å². The molecule has 10 heteroatoms. The molecule has 4 aromatic rings. The van der Waals surface area contributed by atoms with E-state index in [9.17, 15) is 4.39 Å². The quantitative estimate of drug-likeness (QED) is 0.506. The van der Waals surface area contributed by atoms with Crippen molar-refractivity contribution in [2.45, 2.75) is 13.0 Å². The van der Waals surface area contributed by atoms with E-state index in [-0.39, 0.29) is 6.04 Å². The molecular formula is C16H16FN9. The van der Waals surface area contributed by atoms with Gasteiger partial charge in [-0.15, -0.1) is 0 Å². The minimum atomic E-state index is -0.479. The van der Waals surface area contributed by atoms with Crippen LogP contribution in [-0.4, -0.2) is 34.5 Å². The molecule has 0 aromatic carbocycles. The number of hydrogen-bond donors (Lipinski definition) is 3. The van der Waals surface area contributed by atoms with Gasteiger partial charge in [-0.1, -0.05) is 0 Å². The summed E-state index contributed by atoms with van der Waals surface area (Å²) in [7, 11) is 1.89. The number of imidazole rings is 1. The second-order valence-corrected chi connectivity index (χ2v) is 5.81. The number of hydrogen-bond acceptors (Lipinski definition) is 7. The number of H-pyrrole nitrogens is 1. The first-order chi connectivity index (χ1) is 12.6. The Hall–Kier alpha value is -3.56. The summed E-state index contributed by atoms with van der Waals surface area (Å²) in [6.07, 6.45) is 7.59. The zero-order chi connectivity index (χ0) is 18.1. The molecule has 0 saturated carbocycles. The van der Waals surface area contributed by atoms with Crippen molar-refractivity contribution < 1.29 is 4.39 Å². The SMILES string of the molecule is C[C@@H](Nc1nc(Nc2cn(C)cn2)c2[nH]ccc2n1)c1ncc(F)cn1. The van der Waals surface area contributed by atoms with Crippen LogP contribution in [0.3, 0.4) is 0 Å². The van der Waals surface area contributed by atoms with Crippen LogP contribution in [0.1, 0.15) is 18.8 Å². The zero-order valence-electron chi connectivity index (χ0n) is 14.1. The number of aromatic nitrogens is 7. The van der Waals surface area contributed by atoms with Crippen molar-refractivity contribution in [2.24, 2.45) is 7.05 Å². The first kappa shape index (κ1) is 15.9. The molecule has 4 heterocycles. The van der Waals surface area contributed by atoms with Gasteiger partial charge in [-0.05, 0) is 13.0 Å². The molecule has 0 aliphatic heterocycles. The predicted octanol–water partition coefficient (Wildman–Crippen LogP) is 2.54. The highest BCUT2D eigenvalue weighted by molar-refractivity contribution is 5.88. The molecule has 0 spiro atoms. The number of rotatable bonds is 5. The van der Waals surface area contributed by atoms with E-state index in [1.165, 1.54) is 0 Å². The highest BCUT2D eigenvalue weighted by Crippen LogP contribution is 2.24. The second-order valence-electron chi connectivity index (χ2n) is 5.81. The van der Waals surface area contributed by atoms with Gasteiger partial charge in [0, 0.05) is 19.4 Å². The molecule has 4 aromatic heterocycles. The summed E-state index contributed by atoms with van der Waals surface area (Å²) >= 11 is 0. The van der Waals surface area contributed by atoms with E-state index in [1.54, 1.807) is 12.5 Å². The van der Waals surface area contributed by atoms with E-state index in [4.69, 9.17) is 0 Å². The number of aryl methyl sites for hydroxylation is 1. The van der Waals surface area contributed by atoms with E-state index in [1.807, 2.05) is 30.8 Å². The average molecular weight is 353 g/mol. The highest BCUT2D eigenvalue weighted by atomic mass is 19.1. The fourth-order valence-corrected chi connectivity index (χ4v) is 2.50. The molecule has 3 N–H and O–H groups in total. The van der Waals surface area contributed by atoms with Crippen molar-refractivity contribution in [3.05, 3.63) is 48.8 Å². The summed E-state index contributed by atoms with van der Waals surface area (Å²) in [5, 5.41) is 6.32. The molecule has 0 aliphatic carbocycles. The highest BCUT2D eigenvalue weighted by Gasteiger charge is 2.14. The normalized spacial score (nSPS) is 12.3. The minimum absolute atomic E-state index is 0.297.